The van der Waals surface area contributed by atoms with Crippen LogP contribution in [0.1, 0.15) is 12.8 Å². The third-order valence-electron chi connectivity index (χ3n) is 5.58. The smallest absolute Gasteiger partial charge is 0.360 e. The Morgan fingerprint density at radius 1 is 1.03 bits per heavy atom. The Kier molecular flexibility index (Phi) is 7.61. The summed E-state index contributed by atoms with van der Waals surface area (Å²) in [6, 6.07) is 10.1. The van der Waals surface area contributed by atoms with Crippen molar-refractivity contribution in [2.45, 2.75) is 18.9 Å². The number of hydrogen-bond donors (Lipinski definition) is 4. The molecule has 0 aromatic heterocycles. The molecule has 0 unspecified atom stereocenters. The van der Waals surface area contributed by atoms with E-state index in [1.54, 1.807) is 6.07 Å². The zero-order valence-electron chi connectivity index (χ0n) is 19.9. The number of phenols is 1. The lowest BCUT2D eigenvalue weighted by molar-refractivity contribution is -0.140. The summed E-state index contributed by atoms with van der Waals surface area (Å²) in [6.07, 6.45) is -0.833. The Morgan fingerprint density at radius 3 is 2.54 bits per heavy atom. The van der Waals surface area contributed by atoms with Crippen LogP contribution in [-0.4, -0.2) is 45.8 Å². The molecule has 0 saturated carbocycles. The van der Waals surface area contributed by atoms with E-state index >= 15 is 0 Å². The number of ether oxygens (including phenoxy) is 1. The maximum Gasteiger partial charge on any atom is 0.360 e. The highest BCUT2D eigenvalue weighted by Crippen LogP contribution is 2.45. The van der Waals surface area contributed by atoms with E-state index in [9.17, 15) is 34.2 Å². The molecule has 1 atom stereocenters. The molecule has 1 aliphatic heterocycles. The number of carboxylic acid groups (broad SMARTS) is 2. The molecule has 0 saturated heterocycles. The molecule has 2 aromatic carbocycles. The first-order chi connectivity index (χ1) is 18.7. The van der Waals surface area contributed by atoms with Crippen molar-refractivity contribution in [3.63, 3.8) is 0 Å². The zero-order chi connectivity index (χ0) is 28.1. The summed E-state index contributed by atoms with van der Waals surface area (Å²) < 4.78 is 11.0. The molecule has 13 heteroatoms. The second kappa shape index (κ2) is 11.2. The minimum Gasteiger partial charge on any atom is -0.508 e. The third-order valence-corrected chi connectivity index (χ3v) is 5.58. The number of aromatic hydroxyl groups is 1. The number of benzene rings is 3. The van der Waals surface area contributed by atoms with E-state index < -0.39 is 30.4 Å². The van der Waals surface area contributed by atoms with E-state index in [2.05, 4.69) is 15.5 Å². The number of nitrogens with one attached hydrogen (secondary N) is 1. The molecule has 4 rings (SSSR count). The molecule has 0 radical (unpaired) electrons. The van der Waals surface area contributed by atoms with Gasteiger partial charge in [0.25, 0.3) is 6.47 Å². The van der Waals surface area contributed by atoms with Gasteiger partial charge in [0.2, 0.25) is 0 Å². The van der Waals surface area contributed by atoms with Crippen molar-refractivity contribution >= 4 is 41.1 Å². The molecule has 4 N–H and O–H groups in total. The highest BCUT2D eigenvalue weighted by atomic mass is 16.5. The molecule has 13 nitrogen and oxygen atoms in total. The Labute approximate surface area is 218 Å². The number of carbonyl (C=O) groups is 4. The number of fused-ring (bicyclic) bond motifs is 2. The van der Waals surface area contributed by atoms with Gasteiger partial charge in [-0.1, -0.05) is 5.11 Å². The lowest BCUT2D eigenvalue weighted by atomic mass is 9.93. The van der Waals surface area contributed by atoms with Crippen molar-refractivity contribution in [1.29, 1.82) is 0 Å². The van der Waals surface area contributed by atoms with Crippen LogP contribution in [0.5, 0.6) is 11.5 Å². The summed E-state index contributed by atoms with van der Waals surface area (Å²) in [7, 11) is 0. The third kappa shape index (κ3) is 6.05. The van der Waals surface area contributed by atoms with Gasteiger partial charge in [0.05, 0.1) is 5.69 Å². The van der Waals surface area contributed by atoms with Gasteiger partial charge in [-0.3, -0.25) is 14.4 Å². The first kappa shape index (κ1) is 26.5. The largest absolute Gasteiger partial charge is 0.508 e. The number of hydrogen-bond acceptors (Lipinski definition) is 9. The summed E-state index contributed by atoms with van der Waals surface area (Å²) in [5.41, 5.74) is 1.25. The summed E-state index contributed by atoms with van der Waals surface area (Å²) in [6.45, 7) is 0.218. The molecule has 2 aromatic rings. The van der Waals surface area contributed by atoms with Crippen LogP contribution in [-0.2, 0) is 14.4 Å². The van der Waals surface area contributed by atoms with Gasteiger partial charge in [-0.2, -0.15) is 0 Å². The normalized spacial score (nSPS) is 11.9. The average Bonchev–Trinajstić information content (AvgIpc) is 2.88. The minimum absolute atomic E-state index is 0.0872. The number of nitrogens with zero attached hydrogens (tertiary/aromatic N) is 2. The fourth-order valence-electron chi connectivity index (χ4n) is 3.89. The van der Waals surface area contributed by atoms with Crippen LogP contribution in [0.15, 0.2) is 74.0 Å². The average molecular weight is 533 g/mol. The first-order valence-corrected chi connectivity index (χ1v) is 11.3. The number of rotatable bonds is 9. The molecule has 39 heavy (non-hydrogen) atoms. The van der Waals surface area contributed by atoms with E-state index in [1.165, 1.54) is 48.5 Å². The number of aliphatic carboxylic acids is 2. The summed E-state index contributed by atoms with van der Waals surface area (Å²) in [5.74, 6) is -2.45. The van der Waals surface area contributed by atoms with Gasteiger partial charge in [-0.25, -0.2) is 9.59 Å². The second-order valence-corrected chi connectivity index (χ2v) is 8.18. The van der Waals surface area contributed by atoms with Gasteiger partial charge in [0, 0.05) is 40.6 Å². The number of urea groups is 1. The predicted octanol–water partition coefficient (Wildman–Crippen LogP) is 3.92. The maximum atomic E-state index is 12.2. The standard InChI is InChI=1S/C26H19N3O10/c30-12-38-20-7-1-13(28-29-26(37)27-19(25(35)36)6-8-23(33)34)9-18(20)24-16-4-2-14(31)10-21(16)39-22-11-15(32)3-5-17(22)24/h1-5,7,9-12,19,31H,6,8H2,(H,27,37)(H,33,34)(H,35,36)/t19-/m0/s1. The van der Waals surface area contributed by atoms with Crippen LogP contribution in [0, 0.1) is 0 Å². The molecule has 0 fully saturated rings. The fourth-order valence-corrected chi connectivity index (χ4v) is 3.89. The van der Waals surface area contributed by atoms with Crippen molar-refractivity contribution < 1.29 is 43.7 Å². The minimum atomic E-state index is -1.49. The Morgan fingerprint density at radius 2 is 1.82 bits per heavy atom. The van der Waals surface area contributed by atoms with Crippen molar-refractivity contribution in [1.82, 2.24) is 5.32 Å². The summed E-state index contributed by atoms with van der Waals surface area (Å²) in [4.78, 5) is 57.5. The van der Waals surface area contributed by atoms with Gasteiger partial charge >= 0.3 is 18.0 Å². The highest BCUT2D eigenvalue weighted by molar-refractivity contribution is 6.04. The SMILES string of the molecule is O=COc1ccc(N=NC(=O)N[C@@H](CCC(=O)O)C(=O)O)cc1-c1c2ccc(=O)cc-2oc2cc(O)ccc12. The van der Waals surface area contributed by atoms with Crippen LogP contribution < -0.4 is 15.5 Å². The molecule has 2 aliphatic rings. The molecular formula is C26H19N3O10. The van der Waals surface area contributed by atoms with Crippen molar-refractivity contribution in [3.05, 3.63) is 64.8 Å². The summed E-state index contributed by atoms with van der Waals surface area (Å²) in [5, 5.41) is 37.8. The van der Waals surface area contributed by atoms with Gasteiger partial charge in [0.1, 0.15) is 28.9 Å². The van der Waals surface area contributed by atoms with Gasteiger partial charge < -0.3 is 29.8 Å². The fraction of sp³-hybridized carbons (Fsp3) is 0.115. The molecule has 198 valence electrons. The Bertz CT molecular complexity index is 1660. The quantitative estimate of drug-likeness (QED) is 0.139. The number of phenolic OH excluding ortho intramolecular Hbond substituents is 1. The number of amides is 2. The van der Waals surface area contributed by atoms with Crippen molar-refractivity contribution in [2.75, 3.05) is 0 Å². The van der Waals surface area contributed by atoms with E-state index in [1.807, 2.05) is 0 Å². The van der Waals surface area contributed by atoms with Crippen LogP contribution >= 0.6 is 0 Å². The number of carbonyl (C=O) groups excluding carboxylic acids is 2. The lowest BCUT2D eigenvalue weighted by Gasteiger charge is -2.17. The Hall–Kier alpha value is -5.59. The molecule has 1 heterocycles. The Balaban J connectivity index is 1.78. The molecule has 1 aliphatic carbocycles. The first-order valence-electron chi connectivity index (χ1n) is 11.3. The van der Waals surface area contributed by atoms with Gasteiger partial charge in [-0.15, -0.1) is 5.11 Å². The van der Waals surface area contributed by atoms with E-state index in [4.69, 9.17) is 14.3 Å². The number of carboxylic acids is 2. The summed E-state index contributed by atoms with van der Waals surface area (Å²) >= 11 is 0. The van der Waals surface area contributed by atoms with Crippen LogP contribution in [0.4, 0.5) is 10.5 Å². The molecule has 0 spiro atoms. The van der Waals surface area contributed by atoms with Crippen LogP contribution in [0.25, 0.3) is 33.4 Å². The second-order valence-electron chi connectivity index (χ2n) is 8.18. The van der Waals surface area contributed by atoms with E-state index in [0.29, 0.717) is 22.1 Å². The van der Waals surface area contributed by atoms with E-state index in [0.717, 1.165) is 0 Å². The van der Waals surface area contributed by atoms with Gasteiger partial charge in [-0.05, 0) is 48.9 Å². The molecular weight excluding hydrogens is 514 g/mol. The topological polar surface area (TPSA) is 205 Å². The van der Waals surface area contributed by atoms with Gasteiger partial charge in [0.15, 0.2) is 5.43 Å². The maximum absolute atomic E-state index is 12.2. The monoisotopic (exact) mass is 533 g/mol. The predicted molar refractivity (Wildman–Crippen MR) is 134 cm³/mol. The molecule has 0 bridgehead atoms. The van der Waals surface area contributed by atoms with Crippen molar-refractivity contribution in [2.24, 2.45) is 10.2 Å². The van der Waals surface area contributed by atoms with E-state index in [-0.39, 0.29) is 46.9 Å². The van der Waals surface area contributed by atoms with Crippen LogP contribution in [0.3, 0.4) is 0 Å². The zero-order valence-corrected chi connectivity index (χ0v) is 19.9. The van der Waals surface area contributed by atoms with Crippen LogP contribution in [0.2, 0.25) is 0 Å². The lowest BCUT2D eigenvalue weighted by Crippen LogP contribution is -2.39. The number of azo groups is 1. The molecule has 2 amide bonds. The highest BCUT2D eigenvalue weighted by Gasteiger charge is 2.22. The van der Waals surface area contributed by atoms with Crippen molar-refractivity contribution in [3.8, 4) is 33.9 Å².